The van der Waals surface area contributed by atoms with Crippen molar-refractivity contribution in [2.75, 3.05) is 5.75 Å². The lowest BCUT2D eigenvalue weighted by Crippen LogP contribution is -2.31. The Morgan fingerprint density at radius 1 is 1.12 bits per heavy atom. The Morgan fingerprint density at radius 3 is 2.60 bits per heavy atom. The van der Waals surface area contributed by atoms with Crippen LogP contribution in [0, 0.1) is 0 Å². The quantitative estimate of drug-likeness (QED) is 0.623. The van der Waals surface area contributed by atoms with Gasteiger partial charge in [-0.25, -0.2) is 0 Å². The molecule has 0 fully saturated rings. The van der Waals surface area contributed by atoms with Gasteiger partial charge in [-0.1, -0.05) is 48.0 Å². The van der Waals surface area contributed by atoms with E-state index in [9.17, 15) is 4.79 Å². The molecule has 0 aliphatic heterocycles. The van der Waals surface area contributed by atoms with Crippen LogP contribution >= 0.6 is 34.7 Å². The van der Waals surface area contributed by atoms with E-state index >= 15 is 0 Å². The molecule has 0 unspecified atom stereocenters. The van der Waals surface area contributed by atoms with E-state index in [0.29, 0.717) is 5.75 Å². The molecule has 6 heteroatoms. The summed E-state index contributed by atoms with van der Waals surface area (Å²) in [7, 11) is 0. The van der Waals surface area contributed by atoms with Crippen molar-refractivity contribution in [1.82, 2.24) is 10.3 Å². The van der Waals surface area contributed by atoms with E-state index in [2.05, 4.69) is 10.3 Å². The van der Waals surface area contributed by atoms with Crippen molar-refractivity contribution < 1.29 is 4.79 Å². The van der Waals surface area contributed by atoms with Crippen molar-refractivity contribution >= 4 is 40.6 Å². The van der Waals surface area contributed by atoms with Gasteiger partial charge in [0.1, 0.15) is 0 Å². The molecule has 1 amide bonds. The van der Waals surface area contributed by atoms with Gasteiger partial charge in [0.05, 0.1) is 21.8 Å². The normalized spacial score (nSPS) is 11.9. The smallest absolute Gasteiger partial charge is 0.230 e. The average molecular weight is 389 g/mol. The fraction of sp³-hybridized carbons (Fsp3) is 0.158. The number of hydrogen-bond donors (Lipinski definition) is 1. The molecule has 0 spiro atoms. The molecule has 0 aliphatic carbocycles. The number of amides is 1. The molecule has 0 saturated carbocycles. The fourth-order valence-corrected chi connectivity index (χ4v) is 4.43. The Labute approximate surface area is 160 Å². The van der Waals surface area contributed by atoms with Gasteiger partial charge in [-0.3, -0.25) is 9.78 Å². The minimum Gasteiger partial charge on any atom is -0.343 e. The summed E-state index contributed by atoms with van der Waals surface area (Å²) in [5.41, 5.74) is 1.85. The molecule has 1 atom stereocenters. The zero-order valence-corrected chi connectivity index (χ0v) is 15.8. The lowest BCUT2D eigenvalue weighted by Gasteiger charge is -2.18. The molecular weight excluding hydrogens is 372 g/mol. The van der Waals surface area contributed by atoms with E-state index in [1.54, 1.807) is 29.3 Å². The molecule has 0 saturated heterocycles. The number of pyridine rings is 1. The van der Waals surface area contributed by atoms with Gasteiger partial charge >= 0.3 is 0 Å². The lowest BCUT2D eigenvalue weighted by atomic mass is 10.0. The predicted octanol–water partition coefficient (Wildman–Crippen LogP) is 4.94. The van der Waals surface area contributed by atoms with Crippen LogP contribution in [-0.2, 0) is 10.5 Å². The number of halogens is 1. The van der Waals surface area contributed by atoms with Gasteiger partial charge in [-0.2, -0.15) is 0 Å². The number of thiophene rings is 1. The molecule has 0 radical (unpaired) electrons. The first kappa shape index (κ1) is 18.0. The number of benzene rings is 1. The zero-order valence-electron chi connectivity index (χ0n) is 13.4. The average Bonchev–Trinajstić information content (AvgIpc) is 3.06. The molecule has 3 rings (SSSR count). The van der Waals surface area contributed by atoms with Gasteiger partial charge in [0.15, 0.2) is 0 Å². The molecule has 0 aliphatic rings. The number of hydrogen-bond acceptors (Lipinski definition) is 4. The molecule has 3 nitrogen and oxygen atoms in total. The van der Waals surface area contributed by atoms with Gasteiger partial charge in [0.25, 0.3) is 0 Å². The van der Waals surface area contributed by atoms with Crippen molar-refractivity contribution in [2.24, 2.45) is 0 Å². The van der Waals surface area contributed by atoms with E-state index in [1.807, 2.05) is 60.7 Å². The highest BCUT2D eigenvalue weighted by Gasteiger charge is 2.17. The molecule has 3 aromatic rings. The van der Waals surface area contributed by atoms with E-state index in [-0.39, 0.29) is 11.9 Å². The first-order valence-corrected chi connectivity index (χ1v) is 10.1. The van der Waals surface area contributed by atoms with Gasteiger partial charge in [-0.15, -0.1) is 23.1 Å². The van der Waals surface area contributed by atoms with Crippen LogP contribution in [0.1, 0.15) is 22.2 Å². The van der Waals surface area contributed by atoms with Crippen molar-refractivity contribution in [2.45, 2.75) is 11.8 Å². The number of nitrogens with one attached hydrogen (secondary N) is 1. The van der Waals surface area contributed by atoms with Crippen molar-refractivity contribution in [3.05, 3.63) is 87.3 Å². The summed E-state index contributed by atoms with van der Waals surface area (Å²) < 4.78 is 0.777. The monoisotopic (exact) mass is 388 g/mol. The summed E-state index contributed by atoms with van der Waals surface area (Å²) >= 11 is 9.06. The fourth-order valence-electron chi connectivity index (χ4n) is 2.40. The number of aromatic nitrogens is 1. The van der Waals surface area contributed by atoms with Crippen molar-refractivity contribution in [1.29, 1.82) is 0 Å². The number of carbonyl (C=O) groups is 1. The largest absolute Gasteiger partial charge is 0.343 e. The molecular formula is C19H17ClN2OS2. The summed E-state index contributed by atoms with van der Waals surface area (Å²) in [6, 6.07) is 19.3. The second kappa shape index (κ2) is 9.04. The first-order chi connectivity index (χ1) is 12.2. The third-order valence-corrected chi connectivity index (χ3v) is 5.92. The first-order valence-electron chi connectivity index (χ1n) is 7.79. The van der Waals surface area contributed by atoms with Crippen LogP contribution in [0.4, 0.5) is 0 Å². The van der Waals surface area contributed by atoms with Gasteiger partial charge in [0, 0.05) is 16.8 Å². The van der Waals surface area contributed by atoms with Crippen LogP contribution in [0.2, 0.25) is 4.34 Å². The summed E-state index contributed by atoms with van der Waals surface area (Å²) in [5, 5.41) is 3.10. The Bertz CT molecular complexity index is 769. The Balaban J connectivity index is 1.62. The summed E-state index contributed by atoms with van der Waals surface area (Å²) in [6.45, 7) is 0. The molecule has 128 valence electrons. The second-order valence-corrected chi connectivity index (χ2v) is 8.15. The number of rotatable bonds is 7. The standard InChI is InChI=1S/C19H17ClN2OS2/c20-17-10-9-15(25-17)12-24-13-18(23)22-19(14-6-2-1-3-7-14)16-8-4-5-11-21-16/h1-11,19H,12-13H2,(H,22,23)/t19-/m0/s1. The zero-order chi connectivity index (χ0) is 17.5. The van der Waals surface area contributed by atoms with Gasteiger partial charge in [0.2, 0.25) is 5.91 Å². The highest BCUT2D eigenvalue weighted by atomic mass is 35.5. The highest BCUT2D eigenvalue weighted by Crippen LogP contribution is 2.25. The lowest BCUT2D eigenvalue weighted by molar-refractivity contribution is -0.119. The molecule has 2 aromatic heterocycles. The maximum atomic E-state index is 12.4. The van der Waals surface area contributed by atoms with E-state index in [0.717, 1.165) is 21.3 Å². The number of nitrogens with zero attached hydrogens (tertiary/aromatic N) is 1. The van der Waals surface area contributed by atoms with Crippen LogP contribution in [-0.4, -0.2) is 16.6 Å². The third kappa shape index (κ3) is 5.33. The number of carbonyl (C=O) groups excluding carboxylic acids is 1. The van der Waals surface area contributed by atoms with Crippen LogP contribution in [0.3, 0.4) is 0 Å². The third-order valence-electron chi connectivity index (χ3n) is 3.53. The molecule has 0 bridgehead atoms. The SMILES string of the molecule is O=C(CSCc1ccc(Cl)s1)N[C@@H](c1ccccc1)c1ccccn1. The Kier molecular flexibility index (Phi) is 6.50. The highest BCUT2D eigenvalue weighted by molar-refractivity contribution is 7.99. The topological polar surface area (TPSA) is 42.0 Å². The predicted molar refractivity (Wildman–Crippen MR) is 106 cm³/mol. The minimum absolute atomic E-state index is 0.00726. The summed E-state index contributed by atoms with van der Waals surface area (Å²) in [6.07, 6.45) is 1.74. The second-order valence-electron chi connectivity index (χ2n) is 5.36. The molecule has 1 aromatic carbocycles. The van der Waals surface area contributed by atoms with E-state index in [4.69, 9.17) is 11.6 Å². The Hall–Kier alpha value is -1.82. The molecule has 2 heterocycles. The van der Waals surface area contributed by atoms with Crippen LogP contribution in [0.25, 0.3) is 0 Å². The maximum absolute atomic E-state index is 12.4. The van der Waals surface area contributed by atoms with Crippen molar-refractivity contribution in [3.8, 4) is 0 Å². The van der Waals surface area contributed by atoms with Crippen molar-refractivity contribution in [3.63, 3.8) is 0 Å². The Morgan fingerprint density at radius 2 is 1.92 bits per heavy atom. The van der Waals surface area contributed by atoms with Crippen LogP contribution in [0.5, 0.6) is 0 Å². The minimum atomic E-state index is -0.244. The van der Waals surface area contributed by atoms with Gasteiger partial charge in [-0.05, 0) is 29.8 Å². The van der Waals surface area contributed by atoms with Crippen LogP contribution < -0.4 is 5.32 Å². The van der Waals surface area contributed by atoms with E-state index < -0.39 is 0 Å². The summed E-state index contributed by atoms with van der Waals surface area (Å²) in [5.74, 6) is 1.17. The van der Waals surface area contributed by atoms with Gasteiger partial charge < -0.3 is 5.32 Å². The molecule has 25 heavy (non-hydrogen) atoms. The van der Waals surface area contributed by atoms with Crippen LogP contribution in [0.15, 0.2) is 66.9 Å². The van der Waals surface area contributed by atoms with E-state index in [1.165, 1.54) is 4.88 Å². The maximum Gasteiger partial charge on any atom is 0.230 e. The summed E-state index contributed by atoms with van der Waals surface area (Å²) in [4.78, 5) is 18.0. The molecule has 1 N–H and O–H groups in total. The number of thioether (sulfide) groups is 1.